The van der Waals surface area contributed by atoms with Crippen LogP contribution in [0.4, 0.5) is 0 Å². The molecule has 0 fully saturated rings. The minimum Gasteiger partial charge on any atom is -0.247 e. The molecule has 10 rings (SSSR count). The van der Waals surface area contributed by atoms with Gasteiger partial charge in [0.1, 0.15) is 11.0 Å². The van der Waals surface area contributed by atoms with Crippen LogP contribution in [-0.2, 0) is 0 Å². The number of aromatic nitrogens is 6. The van der Waals surface area contributed by atoms with E-state index in [1.165, 1.54) is 0 Å². The Bertz CT molecular complexity index is 2860. The molecule has 7 aromatic carbocycles. The average molecular weight is 681 g/mol. The van der Waals surface area contributed by atoms with Crippen LogP contribution in [-0.4, -0.2) is 30.2 Å². The second-order valence-corrected chi connectivity index (χ2v) is 12.8. The predicted octanol–water partition coefficient (Wildman–Crippen LogP) is 11.1. The van der Waals surface area contributed by atoms with Gasteiger partial charge in [-0.15, -0.1) is 0 Å². The first-order valence-electron chi connectivity index (χ1n) is 17.4. The highest BCUT2D eigenvalue weighted by molar-refractivity contribution is 6.23. The Morgan fingerprint density at radius 1 is 0.340 bits per heavy atom. The fourth-order valence-electron chi connectivity index (χ4n) is 7.00. The van der Waals surface area contributed by atoms with Gasteiger partial charge in [0.25, 0.3) is 0 Å². The van der Waals surface area contributed by atoms with Crippen LogP contribution in [0.15, 0.2) is 174 Å². The van der Waals surface area contributed by atoms with Crippen molar-refractivity contribution in [1.82, 2.24) is 30.2 Å². The first kappa shape index (κ1) is 30.4. The van der Waals surface area contributed by atoms with E-state index in [1.54, 1.807) is 0 Å². The molecule has 0 bridgehead atoms. The maximum Gasteiger partial charge on any atom is 0.164 e. The van der Waals surface area contributed by atoms with Gasteiger partial charge in [0, 0.05) is 44.0 Å². The first-order chi connectivity index (χ1) is 26.3. The lowest BCUT2D eigenvalue weighted by molar-refractivity contribution is 0.316. The van der Waals surface area contributed by atoms with E-state index in [0.29, 0.717) is 28.5 Å². The number of hydrogen-bond acceptors (Lipinski definition) is 7. The Kier molecular flexibility index (Phi) is 7.32. The number of rotatable bonds is 6. The summed E-state index contributed by atoms with van der Waals surface area (Å²) in [6.45, 7) is 0. The van der Waals surface area contributed by atoms with Crippen molar-refractivity contribution in [2.24, 2.45) is 0 Å². The van der Waals surface area contributed by atoms with E-state index in [2.05, 4.69) is 83.1 Å². The fraction of sp³-hybridized carbons (Fsp3) is 0. The van der Waals surface area contributed by atoms with E-state index in [1.807, 2.05) is 97.1 Å². The molecule has 7 nitrogen and oxygen atoms in total. The minimum atomic E-state index is 0.613. The van der Waals surface area contributed by atoms with E-state index in [0.717, 1.165) is 71.9 Å². The quantitative estimate of drug-likeness (QED) is 0.161. The van der Waals surface area contributed by atoms with Crippen molar-refractivity contribution in [2.45, 2.75) is 0 Å². The summed E-state index contributed by atoms with van der Waals surface area (Å²) in [5, 5.41) is 11.8. The lowest BCUT2D eigenvalue weighted by atomic mass is 9.93. The Labute approximate surface area is 304 Å². The van der Waals surface area contributed by atoms with E-state index in [9.17, 15) is 0 Å². The smallest absolute Gasteiger partial charge is 0.164 e. The molecule has 0 aliphatic heterocycles. The Morgan fingerprint density at radius 2 is 0.811 bits per heavy atom. The molecule has 3 aromatic heterocycles. The maximum absolute atomic E-state index is 5.44. The molecule has 0 amide bonds. The van der Waals surface area contributed by atoms with E-state index >= 15 is 0 Å². The molecule has 0 spiro atoms. The first-order valence-corrected chi connectivity index (χ1v) is 17.4. The molecule has 0 aliphatic carbocycles. The van der Waals surface area contributed by atoms with E-state index in [-0.39, 0.29) is 0 Å². The molecule has 0 saturated heterocycles. The topological polar surface area (TPSA) is 90.5 Å². The highest BCUT2D eigenvalue weighted by Crippen LogP contribution is 2.41. The molecular formula is C46H28N6O. The second kappa shape index (κ2) is 12.7. The van der Waals surface area contributed by atoms with Gasteiger partial charge in [-0.1, -0.05) is 152 Å². The molecule has 7 heteroatoms. The number of pyridine rings is 1. The van der Waals surface area contributed by atoms with Gasteiger partial charge < -0.3 is 0 Å². The van der Waals surface area contributed by atoms with Crippen LogP contribution in [0.3, 0.4) is 0 Å². The zero-order chi connectivity index (χ0) is 35.1. The summed E-state index contributed by atoms with van der Waals surface area (Å²) in [4.78, 5) is 19.9. The third kappa shape index (κ3) is 5.48. The minimum absolute atomic E-state index is 0.613. The molecule has 0 aliphatic rings. The molecule has 53 heavy (non-hydrogen) atoms. The summed E-state index contributed by atoms with van der Waals surface area (Å²) < 4.78 is 5.44. The van der Waals surface area contributed by atoms with Crippen LogP contribution in [0.1, 0.15) is 0 Å². The maximum atomic E-state index is 5.44. The Hall–Kier alpha value is -7.38. The van der Waals surface area contributed by atoms with Crippen LogP contribution < -0.4 is 0 Å². The summed E-state index contributed by atoms with van der Waals surface area (Å²) in [5.74, 6) is 1.87. The largest absolute Gasteiger partial charge is 0.247 e. The number of nitrogens with zero attached hydrogens (tertiary/aromatic N) is 6. The molecule has 0 radical (unpaired) electrons. The molecular weight excluding hydrogens is 653 g/mol. The molecule has 0 unspecified atom stereocenters. The third-order valence-corrected chi connectivity index (χ3v) is 9.60. The SMILES string of the molecule is c1ccc(-c2nc(-c3ccccc3)nc(-c3ccc(-c4ccc5nc(-c6ccccc6)c6cc(-c7ccccc7)c7nonc7c6c5c4)cc3)n2)cc1. The van der Waals surface area contributed by atoms with E-state index < -0.39 is 0 Å². The normalized spacial score (nSPS) is 11.4. The third-order valence-electron chi connectivity index (χ3n) is 9.60. The fourth-order valence-corrected chi connectivity index (χ4v) is 7.00. The highest BCUT2D eigenvalue weighted by Gasteiger charge is 2.20. The van der Waals surface area contributed by atoms with Crippen LogP contribution in [0.25, 0.3) is 100 Å². The number of hydrogen-bond donors (Lipinski definition) is 0. The van der Waals surface area contributed by atoms with Gasteiger partial charge >= 0.3 is 0 Å². The van der Waals surface area contributed by atoms with Gasteiger partial charge in [-0.05, 0) is 45.2 Å². The van der Waals surface area contributed by atoms with Gasteiger partial charge in [0.2, 0.25) is 0 Å². The van der Waals surface area contributed by atoms with Crippen molar-refractivity contribution in [3.8, 4) is 67.7 Å². The van der Waals surface area contributed by atoms with Crippen molar-refractivity contribution >= 4 is 32.7 Å². The summed E-state index contributed by atoms with van der Waals surface area (Å²) in [6, 6.07) is 57.4. The number of fused-ring (bicyclic) bond motifs is 5. The molecule has 0 atom stereocenters. The molecule has 0 N–H and O–H groups in total. The van der Waals surface area contributed by atoms with Crippen molar-refractivity contribution in [3.63, 3.8) is 0 Å². The van der Waals surface area contributed by atoms with Gasteiger partial charge in [0.15, 0.2) is 17.5 Å². The van der Waals surface area contributed by atoms with Crippen molar-refractivity contribution in [1.29, 1.82) is 0 Å². The van der Waals surface area contributed by atoms with Crippen molar-refractivity contribution in [3.05, 3.63) is 170 Å². The van der Waals surface area contributed by atoms with Crippen molar-refractivity contribution < 1.29 is 4.63 Å². The van der Waals surface area contributed by atoms with Gasteiger partial charge in [-0.25, -0.2) is 24.6 Å². The Morgan fingerprint density at radius 3 is 1.40 bits per heavy atom. The zero-order valence-electron chi connectivity index (χ0n) is 28.3. The van der Waals surface area contributed by atoms with Gasteiger partial charge in [-0.2, -0.15) is 0 Å². The second-order valence-electron chi connectivity index (χ2n) is 12.8. The van der Waals surface area contributed by atoms with Gasteiger partial charge in [0.05, 0.1) is 11.2 Å². The molecule has 3 heterocycles. The van der Waals surface area contributed by atoms with Gasteiger partial charge in [-0.3, -0.25) is 0 Å². The molecule has 248 valence electrons. The summed E-state index contributed by atoms with van der Waals surface area (Å²) >= 11 is 0. The summed E-state index contributed by atoms with van der Waals surface area (Å²) in [7, 11) is 0. The summed E-state index contributed by atoms with van der Waals surface area (Å²) in [5.41, 5.74) is 11.0. The van der Waals surface area contributed by atoms with E-state index in [4.69, 9.17) is 24.6 Å². The monoisotopic (exact) mass is 680 g/mol. The zero-order valence-corrected chi connectivity index (χ0v) is 28.3. The lowest BCUT2D eigenvalue weighted by Crippen LogP contribution is -2.00. The number of benzene rings is 7. The molecule has 0 saturated carbocycles. The lowest BCUT2D eigenvalue weighted by Gasteiger charge is -2.14. The van der Waals surface area contributed by atoms with Crippen LogP contribution in [0.5, 0.6) is 0 Å². The predicted molar refractivity (Wildman–Crippen MR) is 211 cm³/mol. The van der Waals surface area contributed by atoms with Crippen LogP contribution in [0.2, 0.25) is 0 Å². The van der Waals surface area contributed by atoms with Crippen molar-refractivity contribution in [2.75, 3.05) is 0 Å². The van der Waals surface area contributed by atoms with Crippen LogP contribution >= 0.6 is 0 Å². The van der Waals surface area contributed by atoms with Crippen LogP contribution in [0, 0.1) is 0 Å². The highest BCUT2D eigenvalue weighted by atomic mass is 16.6. The average Bonchev–Trinajstić information content (AvgIpc) is 3.74. The molecule has 10 aromatic rings. The standard InChI is InChI=1S/C46H28N6O/c1-5-13-30(14-6-1)36-28-38-40(43-42(36)51-53-52-43)37-27-35(25-26-39(37)47-41(38)31-15-7-2-8-16-31)29-21-23-34(24-22-29)46-49-44(32-17-9-3-10-18-32)48-45(50-46)33-19-11-4-12-20-33/h1-28H. The Balaban J connectivity index is 1.12. The summed E-state index contributed by atoms with van der Waals surface area (Å²) in [6.07, 6.45) is 0.